The van der Waals surface area contributed by atoms with E-state index in [4.69, 9.17) is 23.2 Å². The number of fused-ring (bicyclic) bond motifs is 3. The summed E-state index contributed by atoms with van der Waals surface area (Å²) < 4.78 is 0. The van der Waals surface area contributed by atoms with Crippen LogP contribution >= 0.6 is 23.2 Å². The average molecular weight is 361 g/mol. The smallest absolute Gasteiger partial charge is 0.292 e. The zero-order valence-electron chi connectivity index (χ0n) is 12.6. The lowest BCUT2D eigenvalue weighted by atomic mass is 9.76. The number of para-hydroxylation sites is 1. The Morgan fingerprint density at radius 1 is 1.12 bits per heavy atom. The maximum absolute atomic E-state index is 11.4. The Morgan fingerprint density at radius 3 is 2.54 bits per heavy atom. The third kappa shape index (κ3) is 2.29. The predicted octanol–water partition coefficient (Wildman–Crippen LogP) is 5.73. The number of anilines is 1. The first-order chi connectivity index (χ1) is 11.6. The van der Waals surface area contributed by atoms with Gasteiger partial charge in [0.15, 0.2) is 0 Å². The molecule has 0 saturated carbocycles. The highest BCUT2D eigenvalue weighted by Crippen LogP contribution is 2.53. The maximum atomic E-state index is 11.4. The summed E-state index contributed by atoms with van der Waals surface area (Å²) in [5.74, 6) is 0.357. The summed E-state index contributed by atoms with van der Waals surface area (Å²) in [4.78, 5) is 11.1. The molecular formula is C18H14Cl2N2O2. The summed E-state index contributed by atoms with van der Waals surface area (Å²) in [6, 6.07) is 10.5. The van der Waals surface area contributed by atoms with Crippen molar-refractivity contribution in [2.45, 2.75) is 18.4 Å². The molecule has 1 N–H and O–H groups in total. The number of halogens is 2. The van der Waals surface area contributed by atoms with Gasteiger partial charge in [0.25, 0.3) is 5.69 Å². The zero-order chi connectivity index (χ0) is 16.8. The van der Waals surface area contributed by atoms with Crippen molar-refractivity contribution >= 4 is 34.6 Å². The van der Waals surface area contributed by atoms with E-state index in [1.54, 1.807) is 24.3 Å². The summed E-state index contributed by atoms with van der Waals surface area (Å²) in [6.45, 7) is 0. The molecule has 1 heterocycles. The van der Waals surface area contributed by atoms with E-state index in [0.29, 0.717) is 15.7 Å². The molecule has 0 amide bonds. The quantitative estimate of drug-likeness (QED) is 0.422. The number of benzene rings is 2. The fraction of sp³-hybridized carbons (Fsp3) is 0.222. The lowest BCUT2D eigenvalue weighted by Crippen LogP contribution is -2.30. The van der Waals surface area contributed by atoms with Gasteiger partial charge in [0.1, 0.15) is 5.69 Å². The average Bonchev–Trinajstić information content (AvgIpc) is 3.04. The molecule has 2 aromatic rings. The van der Waals surface area contributed by atoms with Gasteiger partial charge in [0.05, 0.1) is 11.0 Å². The lowest BCUT2D eigenvalue weighted by Gasteiger charge is -2.37. The second-order valence-corrected chi connectivity index (χ2v) is 6.92. The molecule has 0 aromatic heterocycles. The maximum Gasteiger partial charge on any atom is 0.292 e. The Hall–Kier alpha value is -2.04. The van der Waals surface area contributed by atoms with Crippen LogP contribution in [-0.2, 0) is 0 Å². The number of nitro benzene ring substituents is 1. The topological polar surface area (TPSA) is 55.2 Å². The van der Waals surface area contributed by atoms with Gasteiger partial charge in [-0.25, -0.2) is 0 Å². The standard InChI is InChI=1S/C18H14Cl2N2O2/c19-13-7-3-8-14(20)16(13)18-12-5-1-4-10(12)11-6-2-9-15(22(23)24)17(11)21-18/h1-4,6-10,12,18,21H,5H2. The van der Waals surface area contributed by atoms with Gasteiger partial charge in [-0.3, -0.25) is 10.1 Å². The molecule has 0 spiro atoms. The highest BCUT2D eigenvalue weighted by Gasteiger charge is 2.41. The second kappa shape index (κ2) is 5.80. The van der Waals surface area contributed by atoms with Crippen LogP contribution in [0.5, 0.6) is 0 Å². The van der Waals surface area contributed by atoms with Crippen molar-refractivity contribution in [3.8, 4) is 0 Å². The zero-order valence-corrected chi connectivity index (χ0v) is 14.1. The molecule has 0 saturated heterocycles. The molecule has 3 atom stereocenters. The van der Waals surface area contributed by atoms with Crippen molar-refractivity contribution in [3.63, 3.8) is 0 Å². The van der Waals surface area contributed by atoms with Crippen molar-refractivity contribution in [2.75, 3.05) is 5.32 Å². The Labute approximate surface area is 149 Å². The Morgan fingerprint density at radius 2 is 1.83 bits per heavy atom. The molecule has 0 fully saturated rings. The van der Waals surface area contributed by atoms with E-state index in [9.17, 15) is 10.1 Å². The van der Waals surface area contributed by atoms with Crippen LogP contribution in [0.3, 0.4) is 0 Å². The largest absolute Gasteiger partial charge is 0.372 e. The number of nitro groups is 1. The molecule has 1 aliphatic carbocycles. The van der Waals surface area contributed by atoms with E-state index in [1.165, 1.54) is 6.07 Å². The summed E-state index contributed by atoms with van der Waals surface area (Å²) >= 11 is 12.8. The van der Waals surface area contributed by atoms with Gasteiger partial charge >= 0.3 is 0 Å². The normalized spacial score (nSPS) is 24.2. The van der Waals surface area contributed by atoms with Crippen LogP contribution in [0.2, 0.25) is 10.0 Å². The van der Waals surface area contributed by atoms with Crippen molar-refractivity contribution < 1.29 is 4.92 Å². The molecule has 3 unspecified atom stereocenters. The molecule has 4 nitrogen and oxygen atoms in total. The summed E-state index contributed by atoms with van der Waals surface area (Å²) in [7, 11) is 0. The van der Waals surface area contributed by atoms with Crippen LogP contribution < -0.4 is 5.32 Å². The number of hydrogen-bond acceptors (Lipinski definition) is 3. The number of allylic oxidation sites excluding steroid dienone is 2. The second-order valence-electron chi connectivity index (χ2n) is 6.11. The Bertz CT molecular complexity index is 846. The Balaban J connectivity index is 1.90. The van der Waals surface area contributed by atoms with Crippen molar-refractivity contribution in [1.82, 2.24) is 0 Å². The van der Waals surface area contributed by atoms with Crippen molar-refractivity contribution in [3.05, 3.63) is 79.8 Å². The molecule has 1 aliphatic heterocycles. The van der Waals surface area contributed by atoms with Gasteiger partial charge < -0.3 is 5.32 Å². The fourth-order valence-corrected chi connectivity index (χ4v) is 4.48. The van der Waals surface area contributed by atoms with Crippen LogP contribution in [0.4, 0.5) is 11.4 Å². The molecule has 2 aliphatic rings. The molecule has 24 heavy (non-hydrogen) atoms. The number of rotatable bonds is 2. The Kier molecular flexibility index (Phi) is 3.74. The van der Waals surface area contributed by atoms with Crippen LogP contribution in [0.1, 0.15) is 29.5 Å². The van der Waals surface area contributed by atoms with Gasteiger partial charge in [-0.15, -0.1) is 0 Å². The molecule has 6 heteroatoms. The first-order valence-electron chi connectivity index (χ1n) is 7.72. The van der Waals surface area contributed by atoms with Crippen LogP contribution in [-0.4, -0.2) is 4.92 Å². The predicted molar refractivity (Wildman–Crippen MR) is 95.9 cm³/mol. The first kappa shape index (κ1) is 15.5. The minimum Gasteiger partial charge on any atom is -0.372 e. The van der Waals surface area contributed by atoms with Crippen LogP contribution in [0.15, 0.2) is 48.6 Å². The molecule has 4 rings (SSSR count). The minimum absolute atomic E-state index is 0.0828. The van der Waals surface area contributed by atoms with E-state index in [1.807, 2.05) is 6.07 Å². The summed E-state index contributed by atoms with van der Waals surface area (Å²) in [6.07, 6.45) is 5.14. The van der Waals surface area contributed by atoms with E-state index in [0.717, 1.165) is 17.5 Å². The summed E-state index contributed by atoms with van der Waals surface area (Å²) in [5, 5.41) is 16.0. The van der Waals surface area contributed by atoms with Crippen LogP contribution in [0, 0.1) is 16.0 Å². The van der Waals surface area contributed by atoms with Crippen molar-refractivity contribution in [1.29, 1.82) is 0 Å². The van der Waals surface area contributed by atoms with Gasteiger partial charge in [0.2, 0.25) is 0 Å². The lowest BCUT2D eigenvalue weighted by molar-refractivity contribution is -0.384. The monoisotopic (exact) mass is 360 g/mol. The molecule has 0 bridgehead atoms. The van der Waals surface area contributed by atoms with Gasteiger partial charge in [-0.1, -0.05) is 53.6 Å². The number of nitrogens with one attached hydrogen (secondary N) is 1. The van der Waals surface area contributed by atoms with Gasteiger partial charge in [0, 0.05) is 27.6 Å². The number of nitrogens with zero attached hydrogens (tertiary/aromatic N) is 1. The third-order valence-corrected chi connectivity index (χ3v) is 5.54. The summed E-state index contributed by atoms with van der Waals surface area (Å²) in [5.41, 5.74) is 2.42. The highest BCUT2D eigenvalue weighted by atomic mass is 35.5. The van der Waals surface area contributed by atoms with Gasteiger partial charge in [-0.05, 0) is 30.0 Å². The van der Waals surface area contributed by atoms with Gasteiger partial charge in [-0.2, -0.15) is 0 Å². The SMILES string of the molecule is O=[N+]([O-])c1cccc2c1NC(c1c(Cl)cccc1Cl)C1CC=CC21. The molecule has 0 radical (unpaired) electrons. The number of hydrogen-bond donors (Lipinski definition) is 1. The molecule has 122 valence electrons. The highest BCUT2D eigenvalue weighted by molar-refractivity contribution is 6.36. The molecule has 2 aromatic carbocycles. The van der Waals surface area contributed by atoms with E-state index in [-0.39, 0.29) is 28.5 Å². The third-order valence-electron chi connectivity index (χ3n) is 4.88. The fourth-order valence-electron chi connectivity index (χ4n) is 3.85. The van der Waals surface area contributed by atoms with E-state index >= 15 is 0 Å². The van der Waals surface area contributed by atoms with Crippen LogP contribution in [0.25, 0.3) is 0 Å². The minimum atomic E-state index is -0.351. The first-order valence-corrected chi connectivity index (χ1v) is 8.48. The van der Waals surface area contributed by atoms with E-state index < -0.39 is 0 Å². The van der Waals surface area contributed by atoms with Crippen molar-refractivity contribution in [2.24, 2.45) is 5.92 Å². The van der Waals surface area contributed by atoms with E-state index in [2.05, 4.69) is 17.5 Å². The molecular weight excluding hydrogens is 347 g/mol.